The molecule has 0 radical (unpaired) electrons. The van der Waals surface area contributed by atoms with Gasteiger partial charge in [-0.05, 0) is 30.7 Å². The molecule has 1 saturated heterocycles. The number of amides is 1. The Morgan fingerprint density at radius 3 is 2.73 bits per heavy atom. The number of nitrogens with one attached hydrogen (secondary N) is 1. The Labute approximate surface area is 177 Å². The lowest BCUT2D eigenvalue weighted by molar-refractivity contribution is -0.129. The molecular formula is C25H26N4O. The summed E-state index contributed by atoms with van der Waals surface area (Å²) < 4.78 is 0. The molecule has 1 atom stereocenters. The van der Waals surface area contributed by atoms with Gasteiger partial charge in [-0.2, -0.15) is 5.26 Å². The molecule has 1 aliphatic rings. The number of para-hydroxylation sites is 1. The molecular weight excluding hydrogens is 372 g/mol. The first-order valence-corrected chi connectivity index (χ1v) is 10.3. The topological polar surface area (TPSA) is 69.0 Å². The van der Waals surface area contributed by atoms with Crippen molar-refractivity contribution >= 4 is 22.5 Å². The minimum absolute atomic E-state index is 0.0768. The molecule has 5 nitrogen and oxygen atoms in total. The molecule has 1 fully saturated rings. The molecule has 30 heavy (non-hydrogen) atoms. The third kappa shape index (κ3) is 3.99. The summed E-state index contributed by atoms with van der Waals surface area (Å²) in [7, 11) is 0. The Morgan fingerprint density at radius 2 is 1.97 bits per heavy atom. The Morgan fingerprint density at radius 1 is 1.17 bits per heavy atom. The molecule has 1 aliphatic heterocycles. The van der Waals surface area contributed by atoms with Crippen molar-refractivity contribution in [2.75, 3.05) is 18.0 Å². The fourth-order valence-corrected chi connectivity index (χ4v) is 3.79. The molecule has 2 heterocycles. The summed E-state index contributed by atoms with van der Waals surface area (Å²) in [6.45, 7) is 7.39. The lowest BCUT2D eigenvalue weighted by Gasteiger charge is -2.24. The number of fused-ring (bicyclic) bond motifs is 1. The van der Waals surface area contributed by atoms with Gasteiger partial charge in [0.05, 0.1) is 28.5 Å². The van der Waals surface area contributed by atoms with Crippen LogP contribution in [0.4, 0.5) is 5.69 Å². The van der Waals surface area contributed by atoms with Gasteiger partial charge in [0, 0.05) is 35.5 Å². The molecule has 1 amide bonds. The van der Waals surface area contributed by atoms with Gasteiger partial charge in [-0.15, -0.1) is 0 Å². The molecule has 0 spiro atoms. The Hall–Kier alpha value is -3.39. The SMILES string of the molecule is CC(C)(C)C(=O)NC1CCN(c2cc3ccccc3nc2-c2cccc(C#N)c2)C1. The van der Waals surface area contributed by atoms with E-state index in [1.54, 1.807) is 6.07 Å². The number of hydrogen-bond acceptors (Lipinski definition) is 4. The first-order chi connectivity index (χ1) is 14.3. The maximum atomic E-state index is 12.4. The fraction of sp³-hybridized carbons (Fsp3) is 0.320. The molecule has 0 saturated carbocycles. The third-order valence-electron chi connectivity index (χ3n) is 5.51. The van der Waals surface area contributed by atoms with Gasteiger partial charge >= 0.3 is 0 Å². The number of pyridine rings is 1. The van der Waals surface area contributed by atoms with Gasteiger partial charge < -0.3 is 10.2 Å². The minimum Gasteiger partial charge on any atom is -0.368 e. The lowest BCUT2D eigenvalue weighted by Crippen LogP contribution is -2.43. The molecule has 0 aliphatic carbocycles. The highest BCUT2D eigenvalue weighted by atomic mass is 16.2. The first kappa shape index (κ1) is 19.9. The maximum absolute atomic E-state index is 12.4. The zero-order valence-corrected chi connectivity index (χ0v) is 17.6. The summed E-state index contributed by atoms with van der Waals surface area (Å²) in [5, 5.41) is 13.6. The van der Waals surface area contributed by atoms with E-state index in [-0.39, 0.29) is 11.9 Å². The van der Waals surface area contributed by atoms with E-state index in [0.717, 1.165) is 47.4 Å². The van der Waals surface area contributed by atoms with Crippen LogP contribution in [0.3, 0.4) is 0 Å². The quantitative estimate of drug-likeness (QED) is 0.705. The van der Waals surface area contributed by atoms with E-state index < -0.39 is 5.41 Å². The third-order valence-corrected chi connectivity index (χ3v) is 5.51. The predicted octanol–water partition coefficient (Wildman–Crippen LogP) is 4.51. The first-order valence-electron chi connectivity index (χ1n) is 10.3. The number of aromatic nitrogens is 1. The van der Waals surface area contributed by atoms with Crippen molar-refractivity contribution in [3.63, 3.8) is 0 Å². The number of rotatable bonds is 3. The molecule has 152 valence electrons. The van der Waals surface area contributed by atoms with Crippen molar-refractivity contribution in [1.82, 2.24) is 10.3 Å². The number of nitriles is 1. The standard InChI is InChI=1S/C25H26N4O/c1-25(2,3)24(30)27-20-11-12-29(16-20)22-14-18-8-4-5-10-21(18)28-23(22)19-9-6-7-17(13-19)15-26/h4-10,13-14,20H,11-12,16H2,1-3H3,(H,27,30). The normalized spacial score (nSPS) is 16.5. The average Bonchev–Trinajstić information content (AvgIpc) is 3.20. The summed E-state index contributed by atoms with van der Waals surface area (Å²) in [5.74, 6) is 0.0768. The average molecular weight is 399 g/mol. The van der Waals surface area contributed by atoms with Gasteiger partial charge in [0.25, 0.3) is 0 Å². The van der Waals surface area contributed by atoms with Crippen molar-refractivity contribution in [3.8, 4) is 17.3 Å². The van der Waals surface area contributed by atoms with Crippen LogP contribution >= 0.6 is 0 Å². The minimum atomic E-state index is -0.402. The highest BCUT2D eigenvalue weighted by Crippen LogP contribution is 2.34. The van der Waals surface area contributed by atoms with E-state index in [9.17, 15) is 10.1 Å². The van der Waals surface area contributed by atoms with Crippen LogP contribution in [-0.4, -0.2) is 30.0 Å². The molecule has 1 aromatic heterocycles. The molecule has 0 bridgehead atoms. The van der Waals surface area contributed by atoms with E-state index in [0.29, 0.717) is 5.56 Å². The number of anilines is 1. The summed E-state index contributed by atoms with van der Waals surface area (Å²) in [6.07, 6.45) is 0.895. The van der Waals surface area contributed by atoms with E-state index in [4.69, 9.17) is 4.98 Å². The van der Waals surface area contributed by atoms with E-state index in [1.165, 1.54) is 0 Å². The second-order valence-corrected chi connectivity index (χ2v) is 8.90. The maximum Gasteiger partial charge on any atom is 0.225 e. The largest absolute Gasteiger partial charge is 0.368 e. The van der Waals surface area contributed by atoms with Gasteiger partial charge in [0.15, 0.2) is 0 Å². The summed E-state index contributed by atoms with van der Waals surface area (Å²) >= 11 is 0. The van der Waals surface area contributed by atoms with Crippen molar-refractivity contribution in [3.05, 3.63) is 60.2 Å². The zero-order chi connectivity index (χ0) is 21.3. The lowest BCUT2D eigenvalue weighted by atomic mass is 9.95. The van der Waals surface area contributed by atoms with Crippen LogP contribution in [0.25, 0.3) is 22.2 Å². The van der Waals surface area contributed by atoms with Crippen LogP contribution in [0.1, 0.15) is 32.8 Å². The molecule has 2 aromatic carbocycles. The molecule has 5 heteroatoms. The molecule has 1 N–H and O–H groups in total. The predicted molar refractivity (Wildman–Crippen MR) is 120 cm³/mol. The molecule has 4 rings (SSSR count). The highest BCUT2D eigenvalue weighted by molar-refractivity contribution is 5.89. The second-order valence-electron chi connectivity index (χ2n) is 8.90. The van der Waals surface area contributed by atoms with Crippen molar-refractivity contribution < 1.29 is 4.79 Å². The van der Waals surface area contributed by atoms with Crippen LogP contribution in [0.5, 0.6) is 0 Å². The number of nitrogens with zero attached hydrogens (tertiary/aromatic N) is 3. The van der Waals surface area contributed by atoms with Crippen LogP contribution < -0.4 is 10.2 Å². The van der Waals surface area contributed by atoms with Gasteiger partial charge in [0.1, 0.15) is 0 Å². The number of hydrogen-bond donors (Lipinski definition) is 1. The smallest absolute Gasteiger partial charge is 0.225 e. The van der Waals surface area contributed by atoms with E-state index >= 15 is 0 Å². The van der Waals surface area contributed by atoms with E-state index in [1.807, 2.05) is 57.2 Å². The van der Waals surface area contributed by atoms with Crippen LogP contribution in [0, 0.1) is 16.7 Å². The fourth-order valence-electron chi connectivity index (χ4n) is 3.79. The summed E-state index contributed by atoms with van der Waals surface area (Å²) in [5.41, 5.74) is 3.98. The molecule has 3 aromatic rings. The van der Waals surface area contributed by atoms with Gasteiger partial charge in [0.2, 0.25) is 5.91 Å². The Balaban J connectivity index is 1.71. The molecule has 1 unspecified atom stereocenters. The second kappa shape index (κ2) is 7.79. The highest BCUT2D eigenvalue weighted by Gasteiger charge is 2.30. The Kier molecular flexibility index (Phi) is 5.17. The van der Waals surface area contributed by atoms with Gasteiger partial charge in [-0.25, -0.2) is 4.98 Å². The Bertz CT molecular complexity index is 1140. The number of carbonyl (C=O) groups is 1. The van der Waals surface area contributed by atoms with Gasteiger partial charge in [-0.3, -0.25) is 4.79 Å². The van der Waals surface area contributed by atoms with Crippen molar-refractivity contribution in [1.29, 1.82) is 5.26 Å². The van der Waals surface area contributed by atoms with Crippen LogP contribution in [-0.2, 0) is 4.79 Å². The monoisotopic (exact) mass is 398 g/mol. The number of benzene rings is 2. The zero-order valence-electron chi connectivity index (χ0n) is 17.6. The van der Waals surface area contributed by atoms with Gasteiger partial charge in [-0.1, -0.05) is 51.1 Å². The summed E-state index contributed by atoms with van der Waals surface area (Å²) in [6, 6.07) is 20.2. The van der Waals surface area contributed by atoms with Crippen LogP contribution in [0.2, 0.25) is 0 Å². The van der Waals surface area contributed by atoms with E-state index in [2.05, 4.69) is 28.4 Å². The summed E-state index contributed by atoms with van der Waals surface area (Å²) in [4.78, 5) is 19.7. The van der Waals surface area contributed by atoms with Crippen molar-refractivity contribution in [2.45, 2.75) is 33.2 Å². The van der Waals surface area contributed by atoms with Crippen LogP contribution in [0.15, 0.2) is 54.6 Å². The van der Waals surface area contributed by atoms with Crippen molar-refractivity contribution in [2.24, 2.45) is 5.41 Å². The number of carbonyl (C=O) groups excluding carboxylic acids is 1.